The molecule has 4 rings (SSSR count). The van der Waals surface area contributed by atoms with Gasteiger partial charge in [0.2, 0.25) is 11.8 Å². The van der Waals surface area contributed by atoms with Crippen LogP contribution in [-0.2, 0) is 19.1 Å². The van der Waals surface area contributed by atoms with Crippen LogP contribution in [0.1, 0.15) is 56.4 Å². The fraction of sp³-hybridized carbons (Fsp3) is 0.652. The van der Waals surface area contributed by atoms with E-state index in [0.717, 1.165) is 24.2 Å². The van der Waals surface area contributed by atoms with Crippen LogP contribution in [0.2, 0.25) is 0 Å². The third-order valence-electron chi connectivity index (χ3n) is 6.44. The van der Waals surface area contributed by atoms with Crippen LogP contribution in [0.15, 0.2) is 18.2 Å². The van der Waals surface area contributed by atoms with Gasteiger partial charge < -0.3 is 30.0 Å². The molecule has 1 aliphatic carbocycles. The number of aliphatic hydroxyl groups is 1. The topological polar surface area (TPSA) is 106 Å². The minimum Gasteiger partial charge on any atom is -0.487 e. The van der Waals surface area contributed by atoms with Crippen molar-refractivity contribution in [1.29, 1.82) is 0 Å². The Labute approximate surface area is 182 Å². The standard InChI is InChI=1S/C23H32N2O6/c1-29-13-22(28)25-15-7-8-19-17(9-15)18-10-16(30-20(12-26)23(18)31-19)11-21(27)24-14-5-3-2-4-6-14/h7-9,14,16,18,20,23,26H,2-6,10-13H2,1H3,(H,24,27)(H,25,28)/t16-,18+,20-,23-/m1/s1. The number of benzene rings is 1. The highest BCUT2D eigenvalue weighted by Gasteiger charge is 2.46. The maximum Gasteiger partial charge on any atom is 0.250 e. The quantitative estimate of drug-likeness (QED) is 0.609. The van der Waals surface area contributed by atoms with Gasteiger partial charge in [-0.3, -0.25) is 9.59 Å². The lowest BCUT2D eigenvalue weighted by Crippen LogP contribution is -2.48. The van der Waals surface area contributed by atoms with Crippen molar-refractivity contribution in [1.82, 2.24) is 5.32 Å². The second-order valence-electron chi connectivity index (χ2n) is 8.74. The summed E-state index contributed by atoms with van der Waals surface area (Å²) in [6.45, 7) is -0.189. The molecule has 2 fully saturated rings. The van der Waals surface area contributed by atoms with Gasteiger partial charge in [0.25, 0.3) is 0 Å². The molecular formula is C23H32N2O6. The van der Waals surface area contributed by atoms with Gasteiger partial charge in [0.1, 0.15) is 24.6 Å². The van der Waals surface area contributed by atoms with Gasteiger partial charge in [-0.2, -0.15) is 0 Å². The summed E-state index contributed by atoms with van der Waals surface area (Å²) in [6, 6.07) is 5.79. The molecule has 1 saturated heterocycles. The van der Waals surface area contributed by atoms with Crippen molar-refractivity contribution >= 4 is 17.5 Å². The van der Waals surface area contributed by atoms with Crippen molar-refractivity contribution in [3.63, 3.8) is 0 Å². The second-order valence-corrected chi connectivity index (χ2v) is 8.74. The summed E-state index contributed by atoms with van der Waals surface area (Å²) >= 11 is 0. The molecule has 2 amide bonds. The second kappa shape index (κ2) is 9.97. The van der Waals surface area contributed by atoms with E-state index in [2.05, 4.69) is 10.6 Å². The fourth-order valence-electron chi connectivity index (χ4n) is 5.04. The Hall–Kier alpha value is -2.16. The number of hydrogen-bond donors (Lipinski definition) is 3. The van der Waals surface area contributed by atoms with E-state index < -0.39 is 6.10 Å². The number of rotatable bonds is 7. The molecule has 8 nitrogen and oxygen atoms in total. The molecule has 0 unspecified atom stereocenters. The Bertz CT molecular complexity index is 794. The van der Waals surface area contributed by atoms with Crippen LogP contribution in [0.4, 0.5) is 5.69 Å². The van der Waals surface area contributed by atoms with E-state index in [1.165, 1.54) is 26.4 Å². The zero-order valence-corrected chi connectivity index (χ0v) is 18.0. The lowest BCUT2D eigenvalue weighted by atomic mass is 9.84. The number of hydrogen-bond acceptors (Lipinski definition) is 6. The van der Waals surface area contributed by atoms with Crippen molar-refractivity contribution < 1.29 is 28.9 Å². The highest BCUT2D eigenvalue weighted by molar-refractivity contribution is 5.92. The number of fused-ring (bicyclic) bond motifs is 3. The monoisotopic (exact) mass is 432 g/mol. The number of amides is 2. The van der Waals surface area contributed by atoms with Gasteiger partial charge in [0.05, 0.1) is 19.1 Å². The Morgan fingerprint density at radius 3 is 2.74 bits per heavy atom. The smallest absolute Gasteiger partial charge is 0.250 e. The van der Waals surface area contributed by atoms with Crippen LogP contribution < -0.4 is 15.4 Å². The third kappa shape index (κ3) is 5.19. The van der Waals surface area contributed by atoms with E-state index >= 15 is 0 Å². The number of carbonyl (C=O) groups excluding carboxylic acids is 2. The molecule has 3 aliphatic rings. The molecule has 3 N–H and O–H groups in total. The van der Waals surface area contributed by atoms with E-state index in [-0.39, 0.29) is 55.6 Å². The van der Waals surface area contributed by atoms with Crippen LogP contribution in [0.3, 0.4) is 0 Å². The summed E-state index contributed by atoms with van der Waals surface area (Å²) < 4.78 is 17.0. The minimum atomic E-state index is -0.495. The minimum absolute atomic E-state index is 0.00626. The molecule has 2 heterocycles. The van der Waals surface area contributed by atoms with Crippen molar-refractivity contribution in [3.05, 3.63) is 23.8 Å². The summed E-state index contributed by atoms with van der Waals surface area (Å²) in [5, 5.41) is 15.9. The van der Waals surface area contributed by atoms with Gasteiger partial charge in [-0.15, -0.1) is 0 Å². The van der Waals surface area contributed by atoms with E-state index in [4.69, 9.17) is 14.2 Å². The molecule has 1 aromatic carbocycles. The Morgan fingerprint density at radius 2 is 2.00 bits per heavy atom. The lowest BCUT2D eigenvalue weighted by Gasteiger charge is -2.37. The fourth-order valence-corrected chi connectivity index (χ4v) is 5.04. The zero-order chi connectivity index (χ0) is 21.8. The molecule has 4 atom stereocenters. The molecule has 1 aromatic rings. The van der Waals surface area contributed by atoms with Crippen molar-refractivity contribution in [2.45, 2.75) is 75.2 Å². The predicted molar refractivity (Wildman–Crippen MR) is 114 cm³/mol. The Morgan fingerprint density at radius 1 is 1.19 bits per heavy atom. The van der Waals surface area contributed by atoms with Crippen LogP contribution in [0.5, 0.6) is 5.75 Å². The molecule has 0 aromatic heterocycles. The maximum atomic E-state index is 12.6. The summed E-state index contributed by atoms with van der Waals surface area (Å²) in [5.74, 6) is 0.504. The highest BCUT2D eigenvalue weighted by Crippen LogP contribution is 2.47. The molecule has 2 aliphatic heterocycles. The van der Waals surface area contributed by atoms with Gasteiger partial charge in [-0.25, -0.2) is 0 Å². The van der Waals surface area contributed by atoms with Crippen LogP contribution in [0, 0.1) is 0 Å². The lowest BCUT2D eigenvalue weighted by molar-refractivity contribution is -0.142. The molecule has 0 spiro atoms. The number of methoxy groups -OCH3 is 1. The average Bonchev–Trinajstić information content (AvgIpc) is 3.12. The Kier molecular flexibility index (Phi) is 7.09. The van der Waals surface area contributed by atoms with Gasteiger partial charge in [-0.05, 0) is 37.5 Å². The highest BCUT2D eigenvalue weighted by atomic mass is 16.6. The van der Waals surface area contributed by atoms with E-state index in [0.29, 0.717) is 12.1 Å². The first-order valence-corrected chi connectivity index (χ1v) is 11.2. The molecule has 8 heteroatoms. The molecule has 1 saturated carbocycles. The van der Waals surface area contributed by atoms with Crippen molar-refractivity contribution in [2.24, 2.45) is 0 Å². The summed E-state index contributed by atoms with van der Waals surface area (Å²) in [4.78, 5) is 24.5. The number of aliphatic hydroxyl groups excluding tert-OH is 1. The first kappa shape index (κ1) is 22.0. The third-order valence-corrected chi connectivity index (χ3v) is 6.44. The largest absolute Gasteiger partial charge is 0.487 e. The predicted octanol–water partition coefficient (Wildman–Crippen LogP) is 2.10. The zero-order valence-electron chi connectivity index (χ0n) is 18.0. The summed E-state index contributed by atoms with van der Waals surface area (Å²) in [7, 11) is 1.47. The number of carbonyl (C=O) groups is 2. The van der Waals surface area contributed by atoms with Gasteiger partial charge in [0.15, 0.2) is 0 Å². The molecule has 170 valence electrons. The molecule has 0 radical (unpaired) electrons. The van der Waals surface area contributed by atoms with E-state index in [1.54, 1.807) is 6.07 Å². The Balaban J connectivity index is 1.43. The van der Waals surface area contributed by atoms with Gasteiger partial charge >= 0.3 is 0 Å². The van der Waals surface area contributed by atoms with E-state index in [1.807, 2.05) is 12.1 Å². The maximum absolute atomic E-state index is 12.6. The number of anilines is 1. The van der Waals surface area contributed by atoms with Gasteiger partial charge in [-0.1, -0.05) is 19.3 Å². The normalized spacial score (nSPS) is 27.7. The van der Waals surface area contributed by atoms with Crippen molar-refractivity contribution in [2.75, 3.05) is 25.6 Å². The molecular weight excluding hydrogens is 400 g/mol. The SMILES string of the molecule is COCC(=O)Nc1ccc2c(c1)[C@@H]1C[C@H](CC(=O)NC3CCCCC3)O[C@H](CO)[C@@H]1O2. The summed E-state index contributed by atoms with van der Waals surface area (Å²) in [6.07, 6.45) is 5.47. The van der Waals surface area contributed by atoms with E-state index in [9.17, 15) is 14.7 Å². The average molecular weight is 433 g/mol. The van der Waals surface area contributed by atoms with Gasteiger partial charge in [0, 0.05) is 30.3 Å². The first-order chi connectivity index (χ1) is 15.1. The number of ether oxygens (including phenoxy) is 3. The summed E-state index contributed by atoms with van der Waals surface area (Å²) in [5.41, 5.74) is 1.64. The van der Waals surface area contributed by atoms with Crippen LogP contribution >= 0.6 is 0 Å². The molecule has 31 heavy (non-hydrogen) atoms. The molecule has 0 bridgehead atoms. The first-order valence-electron chi connectivity index (χ1n) is 11.2. The van der Waals surface area contributed by atoms with Crippen molar-refractivity contribution in [3.8, 4) is 5.75 Å². The van der Waals surface area contributed by atoms with Crippen LogP contribution in [-0.4, -0.2) is 61.6 Å². The van der Waals surface area contributed by atoms with Crippen LogP contribution in [0.25, 0.3) is 0 Å². The number of nitrogens with one attached hydrogen (secondary N) is 2.